The van der Waals surface area contributed by atoms with Crippen LogP contribution in [0.4, 0.5) is 4.39 Å². The van der Waals surface area contributed by atoms with Gasteiger partial charge in [-0.2, -0.15) is 0 Å². The molecule has 0 aliphatic carbocycles. The van der Waals surface area contributed by atoms with Crippen LogP contribution in [-0.4, -0.2) is 32.0 Å². The second kappa shape index (κ2) is 6.44. The van der Waals surface area contributed by atoms with Crippen molar-refractivity contribution in [3.05, 3.63) is 27.6 Å². The Labute approximate surface area is 136 Å². The fourth-order valence-corrected chi connectivity index (χ4v) is 3.32. The maximum absolute atomic E-state index is 15.1. The van der Waals surface area contributed by atoms with Gasteiger partial charge in [-0.15, -0.1) is 11.3 Å². The Bertz CT molecular complexity index is 549. The highest BCUT2D eigenvalue weighted by atomic mass is 32.1. The molecule has 122 valence electrons. The van der Waals surface area contributed by atoms with Crippen molar-refractivity contribution in [2.75, 3.05) is 13.7 Å². The van der Waals surface area contributed by atoms with Crippen molar-refractivity contribution in [2.24, 2.45) is 0 Å². The van der Waals surface area contributed by atoms with Gasteiger partial charge in [0.1, 0.15) is 5.73 Å². The monoisotopic (exact) mass is 326 g/mol. The first-order chi connectivity index (χ1) is 10.2. The molecule has 0 N–H and O–H groups in total. The number of hydrogen-bond donors (Lipinski definition) is 0. The van der Waals surface area contributed by atoms with Gasteiger partial charge in [0.05, 0.1) is 17.8 Å². The molecule has 0 atom stereocenters. The van der Waals surface area contributed by atoms with Crippen molar-refractivity contribution in [3.63, 3.8) is 0 Å². The van der Waals surface area contributed by atoms with Crippen LogP contribution in [0.5, 0.6) is 0 Å². The first kappa shape index (κ1) is 17.7. The van der Waals surface area contributed by atoms with E-state index >= 15 is 4.39 Å². The smallest absolute Gasteiger partial charge is 0.398 e. The van der Waals surface area contributed by atoms with Gasteiger partial charge >= 0.3 is 7.12 Å². The van der Waals surface area contributed by atoms with Crippen LogP contribution in [0.15, 0.2) is 17.2 Å². The van der Waals surface area contributed by atoms with Gasteiger partial charge in [0.2, 0.25) is 0 Å². The second-order valence-corrected chi connectivity index (χ2v) is 7.51. The van der Waals surface area contributed by atoms with Crippen LogP contribution in [0.1, 0.15) is 44.6 Å². The average Bonchev–Trinajstić information content (AvgIpc) is 2.92. The fraction of sp³-hybridized carbons (Fsp3) is 0.625. The van der Waals surface area contributed by atoms with Gasteiger partial charge in [0, 0.05) is 12.0 Å². The van der Waals surface area contributed by atoms with E-state index in [-0.39, 0.29) is 5.73 Å². The van der Waals surface area contributed by atoms with E-state index in [9.17, 15) is 0 Å². The molecule has 1 aromatic heterocycles. The summed E-state index contributed by atoms with van der Waals surface area (Å²) in [5, 5.41) is 1.97. The molecule has 0 aromatic carbocycles. The standard InChI is InChI=1S/C16H24BFO3S/c1-11-8-10-22-13(11)12(7-9-19-6)14(18)17-20-15(2,3)16(4,5)21-17/h8,10H,7,9H2,1-6H3. The average molecular weight is 326 g/mol. The summed E-state index contributed by atoms with van der Waals surface area (Å²) in [5.41, 5.74) is 0.231. The Hall–Kier alpha value is -0.685. The number of thiophene rings is 1. The SMILES string of the molecule is COCCC(=C(F)B1OC(C)(C)C(C)(C)O1)c1sccc1C. The minimum absolute atomic E-state index is 0.346. The lowest BCUT2D eigenvalue weighted by atomic mass is 9.83. The van der Waals surface area contributed by atoms with E-state index in [1.807, 2.05) is 46.1 Å². The number of methoxy groups -OCH3 is 1. The highest BCUT2D eigenvalue weighted by molar-refractivity contribution is 7.11. The summed E-state index contributed by atoms with van der Waals surface area (Å²) < 4.78 is 31.9. The topological polar surface area (TPSA) is 27.7 Å². The molecular formula is C16H24BFO3S. The molecule has 0 radical (unpaired) electrons. The van der Waals surface area contributed by atoms with Crippen LogP contribution < -0.4 is 0 Å². The predicted molar refractivity (Wildman–Crippen MR) is 89.7 cm³/mol. The van der Waals surface area contributed by atoms with Crippen molar-refractivity contribution < 1.29 is 18.4 Å². The summed E-state index contributed by atoms with van der Waals surface area (Å²) in [4.78, 5) is 0.935. The van der Waals surface area contributed by atoms with Gasteiger partial charge in [0.15, 0.2) is 0 Å². The summed E-state index contributed by atoms with van der Waals surface area (Å²) in [6.45, 7) is 10.1. The first-order valence-corrected chi connectivity index (χ1v) is 8.35. The molecule has 0 unspecified atom stereocenters. The van der Waals surface area contributed by atoms with E-state index in [1.54, 1.807) is 7.11 Å². The van der Waals surface area contributed by atoms with Crippen molar-refractivity contribution in [1.82, 2.24) is 0 Å². The second-order valence-electron chi connectivity index (χ2n) is 6.59. The molecular weight excluding hydrogens is 302 g/mol. The van der Waals surface area contributed by atoms with E-state index in [1.165, 1.54) is 11.3 Å². The van der Waals surface area contributed by atoms with E-state index in [0.717, 1.165) is 10.4 Å². The molecule has 1 aliphatic heterocycles. The van der Waals surface area contributed by atoms with Crippen LogP contribution in [0.2, 0.25) is 0 Å². The van der Waals surface area contributed by atoms with Crippen LogP contribution in [0.3, 0.4) is 0 Å². The Kier molecular flexibility index (Phi) is 5.17. The van der Waals surface area contributed by atoms with E-state index < -0.39 is 18.3 Å². The number of ether oxygens (including phenoxy) is 1. The Morgan fingerprint density at radius 1 is 1.27 bits per heavy atom. The van der Waals surface area contributed by atoms with E-state index in [0.29, 0.717) is 18.6 Å². The van der Waals surface area contributed by atoms with Gasteiger partial charge in [0.25, 0.3) is 0 Å². The highest BCUT2D eigenvalue weighted by Crippen LogP contribution is 2.41. The molecule has 1 aliphatic rings. The number of aryl methyl sites for hydroxylation is 1. The Morgan fingerprint density at radius 2 is 1.86 bits per heavy atom. The third-order valence-corrected chi connectivity index (χ3v) is 5.52. The molecule has 0 saturated carbocycles. The zero-order valence-electron chi connectivity index (χ0n) is 14.2. The molecule has 0 amide bonds. The summed E-state index contributed by atoms with van der Waals surface area (Å²) in [5.74, 6) is 0. The molecule has 1 aromatic rings. The fourth-order valence-electron chi connectivity index (χ4n) is 2.32. The Balaban J connectivity index is 2.37. The maximum atomic E-state index is 15.1. The molecule has 6 heteroatoms. The third kappa shape index (κ3) is 3.30. The third-order valence-electron chi connectivity index (χ3n) is 4.44. The minimum Gasteiger partial charge on any atom is -0.398 e. The van der Waals surface area contributed by atoms with Gasteiger partial charge in [-0.1, -0.05) is 0 Å². The van der Waals surface area contributed by atoms with Gasteiger partial charge in [-0.25, -0.2) is 4.39 Å². The first-order valence-electron chi connectivity index (χ1n) is 7.47. The van der Waals surface area contributed by atoms with Crippen molar-refractivity contribution in [2.45, 2.75) is 52.2 Å². The van der Waals surface area contributed by atoms with E-state index in [2.05, 4.69) is 0 Å². The van der Waals surface area contributed by atoms with Gasteiger partial charge in [-0.05, 0) is 63.6 Å². The number of rotatable bonds is 5. The van der Waals surface area contributed by atoms with Crippen LogP contribution in [-0.2, 0) is 14.0 Å². The normalized spacial score (nSPS) is 21.1. The Morgan fingerprint density at radius 3 is 2.32 bits per heavy atom. The van der Waals surface area contributed by atoms with Crippen LogP contribution in [0, 0.1) is 6.92 Å². The van der Waals surface area contributed by atoms with Crippen molar-refractivity contribution >= 4 is 24.0 Å². The van der Waals surface area contributed by atoms with Crippen molar-refractivity contribution in [1.29, 1.82) is 0 Å². The van der Waals surface area contributed by atoms with Crippen LogP contribution in [0.25, 0.3) is 5.57 Å². The molecule has 0 bridgehead atoms. The molecule has 22 heavy (non-hydrogen) atoms. The summed E-state index contributed by atoms with van der Waals surface area (Å²) in [6.07, 6.45) is 0.494. The molecule has 3 nitrogen and oxygen atoms in total. The molecule has 2 rings (SSSR count). The lowest BCUT2D eigenvalue weighted by molar-refractivity contribution is 0.00578. The van der Waals surface area contributed by atoms with Crippen LogP contribution >= 0.6 is 11.3 Å². The largest absolute Gasteiger partial charge is 0.525 e. The summed E-state index contributed by atoms with van der Waals surface area (Å²) in [6, 6.07) is 1.99. The molecule has 1 saturated heterocycles. The lowest BCUT2D eigenvalue weighted by Gasteiger charge is -2.32. The zero-order chi connectivity index (χ0) is 16.5. The lowest BCUT2D eigenvalue weighted by Crippen LogP contribution is -2.41. The van der Waals surface area contributed by atoms with Gasteiger partial charge in [-0.3, -0.25) is 0 Å². The summed E-state index contributed by atoms with van der Waals surface area (Å²) in [7, 11) is 0.657. The van der Waals surface area contributed by atoms with Crippen molar-refractivity contribution in [3.8, 4) is 0 Å². The number of hydrogen-bond acceptors (Lipinski definition) is 4. The van der Waals surface area contributed by atoms with Gasteiger partial charge < -0.3 is 14.0 Å². The summed E-state index contributed by atoms with van der Waals surface area (Å²) >= 11 is 1.53. The highest BCUT2D eigenvalue weighted by Gasteiger charge is 2.53. The predicted octanol–water partition coefficient (Wildman–Crippen LogP) is 4.41. The molecule has 0 spiro atoms. The quantitative estimate of drug-likeness (QED) is 0.751. The zero-order valence-corrected chi connectivity index (χ0v) is 15.0. The number of halogens is 1. The molecule has 2 heterocycles. The van der Waals surface area contributed by atoms with E-state index in [4.69, 9.17) is 14.0 Å². The maximum Gasteiger partial charge on any atom is 0.525 e. The minimum atomic E-state index is -0.960. The molecule has 1 fully saturated rings.